The number of benzene rings is 1. The second-order valence-corrected chi connectivity index (χ2v) is 5.90. The van der Waals surface area contributed by atoms with E-state index in [4.69, 9.17) is 4.74 Å². The zero-order valence-electron chi connectivity index (χ0n) is 12.0. The van der Waals surface area contributed by atoms with Crippen molar-refractivity contribution in [3.63, 3.8) is 0 Å². The zero-order chi connectivity index (χ0) is 14.0. The van der Waals surface area contributed by atoms with Crippen molar-refractivity contribution >= 4 is 5.95 Å². The molecule has 1 aliphatic heterocycles. The summed E-state index contributed by atoms with van der Waals surface area (Å²) >= 11 is 0. The van der Waals surface area contributed by atoms with Crippen LogP contribution in [-0.4, -0.2) is 27.8 Å². The van der Waals surface area contributed by atoms with E-state index >= 15 is 0 Å². The van der Waals surface area contributed by atoms with Gasteiger partial charge in [0.05, 0.1) is 5.60 Å². The van der Waals surface area contributed by atoms with Gasteiger partial charge in [-0.15, -0.1) is 0 Å². The Kier molecular flexibility index (Phi) is 3.49. The van der Waals surface area contributed by atoms with E-state index in [0.717, 1.165) is 31.1 Å². The van der Waals surface area contributed by atoms with Crippen molar-refractivity contribution in [3.05, 3.63) is 42.7 Å². The Bertz CT molecular complexity index is 562. The van der Waals surface area contributed by atoms with Gasteiger partial charge in [-0.3, -0.25) is 4.57 Å². The molecule has 1 fully saturated rings. The van der Waals surface area contributed by atoms with Crippen molar-refractivity contribution in [3.8, 4) is 5.69 Å². The van der Waals surface area contributed by atoms with Crippen LogP contribution < -0.4 is 5.32 Å². The summed E-state index contributed by atoms with van der Waals surface area (Å²) in [5.74, 6) is 0.902. The van der Waals surface area contributed by atoms with E-state index in [9.17, 15) is 0 Å². The lowest BCUT2D eigenvalue weighted by Crippen LogP contribution is -2.40. The summed E-state index contributed by atoms with van der Waals surface area (Å²) in [5.41, 5.74) is 1.07. The Hall–Kier alpha value is -1.81. The van der Waals surface area contributed by atoms with Crippen molar-refractivity contribution in [2.45, 2.75) is 38.3 Å². The van der Waals surface area contributed by atoms with Gasteiger partial charge in [-0.25, -0.2) is 4.98 Å². The molecule has 1 saturated heterocycles. The molecule has 0 radical (unpaired) electrons. The quantitative estimate of drug-likeness (QED) is 0.931. The van der Waals surface area contributed by atoms with Gasteiger partial charge < -0.3 is 10.1 Å². The number of para-hydroxylation sites is 1. The van der Waals surface area contributed by atoms with Crippen molar-refractivity contribution < 1.29 is 4.74 Å². The van der Waals surface area contributed by atoms with Gasteiger partial charge in [-0.05, 0) is 38.8 Å². The summed E-state index contributed by atoms with van der Waals surface area (Å²) in [6.07, 6.45) is 5.83. The highest BCUT2D eigenvalue weighted by Gasteiger charge is 2.29. The highest BCUT2D eigenvalue weighted by Crippen LogP contribution is 2.26. The first-order valence-electron chi connectivity index (χ1n) is 7.13. The maximum Gasteiger partial charge on any atom is 0.207 e. The number of aromatic nitrogens is 2. The van der Waals surface area contributed by atoms with Crippen LogP contribution in [0.4, 0.5) is 5.95 Å². The monoisotopic (exact) mass is 271 g/mol. The van der Waals surface area contributed by atoms with Crippen LogP contribution in [0.1, 0.15) is 26.7 Å². The molecular formula is C16H21N3O. The van der Waals surface area contributed by atoms with E-state index in [-0.39, 0.29) is 5.60 Å². The molecule has 0 aliphatic carbocycles. The highest BCUT2D eigenvalue weighted by molar-refractivity contribution is 5.42. The first-order valence-corrected chi connectivity index (χ1v) is 7.13. The average Bonchev–Trinajstić information content (AvgIpc) is 2.87. The predicted octanol–water partition coefficient (Wildman–Crippen LogP) is 3.24. The van der Waals surface area contributed by atoms with Crippen LogP contribution in [0.2, 0.25) is 0 Å². The van der Waals surface area contributed by atoms with E-state index in [0.29, 0.717) is 6.04 Å². The second kappa shape index (κ2) is 5.29. The maximum atomic E-state index is 5.76. The fourth-order valence-electron chi connectivity index (χ4n) is 2.74. The van der Waals surface area contributed by atoms with Crippen molar-refractivity contribution in [2.75, 3.05) is 11.9 Å². The lowest BCUT2D eigenvalue weighted by Gasteiger charge is -2.36. The predicted molar refractivity (Wildman–Crippen MR) is 80.2 cm³/mol. The first kappa shape index (κ1) is 13.2. The normalized spacial score (nSPS) is 21.6. The molecular weight excluding hydrogens is 250 g/mol. The van der Waals surface area contributed by atoms with Crippen LogP contribution in [0.25, 0.3) is 5.69 Å². The zero-order valence-corrected chi connectivity index (χ0v) is 12.0. The van der Waals surface area contributed by atoms with E-state index in [1.807, 2.05) is 30.6 Å². The summed E-state index contributed by atoms with van der Waals surface area (Å²) in [6, 6.07) is 10.7. The molecule has 4 heteroatoms. The van der Waals surface area contributed by atoms with Gasteiger partial charge >= 0.3 is 0 Å². The third kappa shape index (κ3) is 2.85. The summed E-state index contributed by atoms with van der Waals surface area (Å²) in [5, 5.41) is 3.56. The number of ether oxygens (including phenoxy) is 1. The smallest absolute Gasteiger partial charge is 0.207 e. The van der Waals surface area contributed by atoms with Gasteiger partial charge in [0.2, 0.25) is 5.95 Å². The Balaban J connectivity index is 1.77. The molecule has 1 aromatic carbocycles. The molecule has 106 valence electrons. The third-order valence-corrected chi connectivity index (χ3v) is 3.71. The molecule has 2 heterocycles. The molecule has 0 spiro atoms. The van der Waals surface area contributed by atoms with Gasteiger partial charge in [-0.1, -0.05) is 18.2 Å². The summed E-state index contributed by atoms with van der Waals surface area (Å²) in [6.45, 7) is 5.09. The fourth-order valence-corrected chi connectivity index (χ4v) is 2.74. The Morgan fingerprint density at radius 3 is 2.85 bits per heavy atom. The van der Waals surface area contributed by atoms with E-state index in [2.05, 4.69) is 40.8 Å². The molecule has 2 aromatic rings. The third-order valence-electron chi connectivity index (χ3n) is 3.71. The molecule has 1 aliphatic rings. The minimum absolute atomic E-state index is 0.0555. The average molecular weight is 271 g/mol. The Morgan fingerprint density at radius 2 is 2.10 bits per heavy atom. The van der Waals surface area contributed by atoms with E-state index < -0.39 is 0 Å². The van der Waals surface area contributed by atoms with Crippen LogP contribution in [0.3, 0.4) is 0 Å². The lowest BCUT2D eigenvalue weighted by atomic mass is 9.94. The van der Waals surface area contributed by atoms with Crippen LogP contribution in [0, 0.1) is 0 Å². The van der Waals surface area contributed by atoms with Crippen molar-refractivity contribution in [1.29, 1.82) is 0 Å². The van der Waals surface area contributed by atoms with E-state index in [1.54, 1.807) is 0 Å². The lowest BCUT2D eigenvalue weighted by molar-refractivity contribution is -0.0554. The largest absolute Gasteiger partial charge is 0.375 e. The molecule has 1 unspecified atom stereocenters. The Morgan fingerprint density at radius 1 is 1.30 bits per heavy atom. The Labute approximate surface area is 119 Å². The molecule has 0 bridgehead atoms. The molecule has 1 N–H and O–H groups in total. The van der Waals surface area contributed by atoms with Crippen molar-refractivity contribution in [1.82, 2.24) is 9.55 Å². The first-order chi connectivity index (χ1) is 9.64. The summed E-state index contributed by atoms with van der Waals surface area (Å²) < 4.78 is 7.85. The van der Waals surface area contributed by atoms with Crippen LogP contribution in [0.15, 0.2) is 42.7 Å². The van der Waals surface area contributed by atoms with Crippen LogP contribution >= 0.6 is 0 Å². The number of nitrogens with zero attached hydrogens (tertiary/aromatic N) is 2. The molecule has 1 atom stereocenters. The minimum Gasteiger partial charge on any atom is -0.375 e. The number of rotatable bonds is 3. The summed E-state index contributed by atoms with van der Waals surface area (Å²) in [7, 11) is 0. The number of hydrogen-bond donors (Lipinski definition) is 1. The number of anilines is 1. The number of imidazole rings is 1. The van der Waals surface area contributed by atoms with E-state index in [1.165, 1.54) is 0 Å². The molecule has 0 amide bonds. The van der Waals surface area contributed by atoms with Gasteiger partial charge in [0.1, 0.15) is 0 Å². The SMILES string of the molecule is CC1(C)CC(Nc2nccn2-c2ccccc2)CCO1. The van der Waals surface area contributed by atoms with Gasteiger partial charge in [-0.2, -0.15) is 0 Å². The molecule has 0 saturated carbocycles. The number of hydrogen-bond acceptors (Lipinski definition) is 3. The van der Waals surface area contributed by atoms with Crippen molar-refractivity contribution in [2.24, 2.45) is 0 Å². The van der Waals surface area contributed by atoms with Gasteiger partial charge in [0.15, 0.2) is 0 Å². The maximum absolute atomic E-state index is 5.76. The highest BCUT2D eigenvalue weighted by atomic mass is 16.5. The fraction of sp³-hybridized carbons (Fsp3) is 0.438. The standard InChI is InChI=1S/C16H21N3O/c1-16(2)12-13(8-11-20-16)18-15-17-9-10-19(15)14-6-4-3-5-7-14/h3-7,9-10,13H,8,11-12H2,1-2H3,(H,17,18). The van der Waals surface area contributed by atoms with Crippen LogP contribution in [0.5, 0.6) is 0 Å². The van der Waals surface area contributed by atoms with Gasteiger partial charge in [0.25, 0.3) is 0 Å². The molecule has 20 heavy (non-hydrogen) atoms. The molecule has 3 rings (SSSR count). The topological polar surface area (TPSA) is 39.1 Å². The number of nitrogens with one attached hydrogen (secondary N) is 1. The van der Waals surface area contributed by atoms with Crippen LogP contribution in [-0.2, 0) is 4.74 Å². The molecule has 4 nitrogen and oxygen atoms in total. The van der Waals surface area contributed by atoms with Gasteiger partial charge in [0, 0.05) is 30.7 Å². The second-order valence-electron chi connectivity index (χ2n) is 5.90. The molecule has 1 aromatic heterocycles. The summed E-state index contributed by atoms with van der Waals surface area (Å²) in [4.78, 5) is 4.45. The minimum atomic E-state index is -0.0555.